The number of nitrogen functional groups attached to an aromatic ring is 1. The molecule has 70 valence electrons. The molecule has 0 saturated heterocycles. The van der Waals surface area contributed by atoms with Crippen molar-refractivity contribution in [3.8, 4) is 11.8 Å². The van der Waals surface area contributed by atoms with Gasteiger partial charge in [-0.25, -0.2) is 0 Å². The molecule has 0 aliphatic rings. The number of anilines is 1. The highest BCUT2D eigenvalue weighted by Crippen LogP contribution is 2.04. The van der Waals surface area contributed by atoms with E-state index in [1.807, 2.05) is 18.2 Å². The summed E-state index contributed by atoms with van der Waals surface area (Å²) in [5, 5.41) is 3.37. The highest BCUT2D eigenvalue weighted by Gasteiger charge is 1.86. The molecule has 2 N–H and O–H groups in total. The van der Waals surface area contributed by atoms with E-state index in [1.165, 1.54) is 0 Å². The third-order valence-electron chi connectivity index (χ3n) is 1.52. The fourth-order valence-electron chi connectivity index (χ4n) is 0.932. The van der Waals surface area contributed by atoms with E-state index < -0.39 is 0 Å². The van der Waals surface area contributed by atoms with Gasteiger partial charge in [0.05, 0.1) is 0 Å². The first-order valence-electron chi connectivity index (χ1n) is 4.18. The third-order valence-corrected chi connectivity index (χ3v) is 1.52. The van der Waals surface area contributed by atoms with Crippen molar-refractivity contribution in [3.63, 3.8) is 0 Å². The summed E-state index contributed by atoms with van der Waals surface area (Å²) in [5.74, 6) is 5.82. The first-order valence-corrected chi connectivity index (χ1v) is 4.18. The second-order valence-corrected chi connectivity index (χ2v) is 2.63. The largest absolute Gasteiger partial charge is 0.399 e. The minimum Gasteiger partial charge on any atom is -0.399 e. The summed E-state index contributed by atoms with van der Waals surface area (Å²) in [7, 11) is 0. The molecule has 1 aromatic carbocycles. The van der Waals surface area contributed by atoms with Crippen LogP contribution in [0.1, 0.15) is 12.0 Å². The fraction of sp³-hybridized carbons (Fsp3) is 0.200. The van der Waals surface area contributed by atoms with E-state index in [0.717, 1.165) is 5.56 Å². The Morgan fingerprint density at radius 3 is 3.07 bits per heavy atom. The Labute approximate surface area is 82.4 Å². The van der Waals surface area contributed by atoms with Crippen molar-refractivity contribution in [2.75, 3.05) is 12.3 Å². The van der Waals surface area contributed by atoms with Crippen molar-refractivity contribution in [3.05, 3.63) is 40.3 Å². The highest BCUT2D eigenvalue weighted by molar-refractivity contribution is 5.46. The van der Waals surface area contributed by atoms with Crippen LogP contribution < -0.4 is 5.73 Å². The van der Waals surface area contributed by atoms with Crippen LogP contribution in [0.2, 0.25) is 0 Å². The van der Waals surface area contributed by atoms with Crippen LogP contribution >= 0.6 is 0 Å². The molecular weight excluding hydrogens is 176 g/mol. The predicted molar refractivity (Wildman–Crippen MR) is 56.4 cm³/mol. The van der Waals surface area contributed by atoms with Crippen molar-refractivity contribution in [1.82, 2.24) is 0 Å². The summed E-state index contributed by atoms with van der Waals surface area (Å²) in [6, 6.07) is 7.36. The SMILES string of the molecule is [N-]=[N+]=NCCC#Cc1cccc(N)c1. The van der Waals surface area contributed by atoms with Crippen molar-refractivity contribution in [2.45, 2.75) is 6.42 Å². The van der Waals surface area contributed by atoms with E-state index in [9.17, 15) is 0 Å². The molecule has 4 nitrogen and oxygen atoms in total. The van der Waals surface area contributed by atoms with Gasteiger partial charge in [-0.2, -0.15) is 0 Å². The van der Waals surface area contributed by atoms with Crippen molar-refractivity contribution in [2.24, 2.45) is 5.11 Å². The normalized spacial score (nSPS) is 8.29. The molecule has 0 heterocycles. The lowest BCUT2D eigenvalue weighted by atomic mass is 10.2. The molecule has 0 spiro atoms. The van der Waals surface area contributed by atoms with Gasteiger partial charge in [0.15, 0.2) is 0 Å². The average Bonchev–Trinajstić information content (AvgIpc) is 2.18. The van der Waals surface area contributed by atoms with E-state index in [1.54, 1.807) is 6.07 Å². The maximum atomic E-state index is 8.01. The molecule has 0 amide bonds. The van der Waals surface area contributed by atoms with Crippen LogP contribution in [0.3, 0.4) is 0 Å². The van der Waals surface area contributed by atoms with E-state index in [2.05, 4.69) is 21.9 Å². The van der Waals surface area contributed by atoms with Gasteiger partial charge in [0, 0.05) is 29.1 Å². The molecular formula is C10H10N4. The van der Waals surface area contributed by atoms with E-state index in [4.69, 9.17) is 11.3 Å². The summed E-state index contributed by atoms with van der Waals surface area (Å²) in [6.07, 6.45) is 0.568. The molecule has 0 bridgehead atoms. The second-order valence-electron chi connectivity index (χ2n) is 2.63. The van der Waals surface area contributed by atoms with Gasteiger partial charge < -0.3 is 5.73 Å². The second kappa shape index (κ2) is 5.52. The molecule has 0 fully saturated rings. The van der Waals surface area contributed by atoms with Gasteiger partial charge >= 0.3 is 0 Å². The molecule has 1 rings (SSSR count). The van der Waals surface area contributed by atoms with Crippen LogP contribution in [0.15, 0.2) is 29.4 Å². The number of nitrogens with two attached hydrogens (primary N) is 1. The zero-order valence-corrected chi connectivity index (χ0v) is 7.64. The highest BCUT2D eigenvalue weighted by atomic mass is 15.1. The standard InChI is InChI=1S/C10H10N4/c11-10-6-3-5-9(8-10)4-1-2-7-13-14-12/h3,5-6,8H,2,7,11H2. The molecule has 0 aliphatic heterocycles. The van der Waals surface area contributed by atoms with E-state index in [0.29, 0.717) is 18.7 Å². The number of nitrogens with zero attached hydrogens (tertiary/aromatic N) is 3. The van der Waals surface area contributed by atoms with E-state index >= 15 is 0 Å². The molecule has 0 aliphatic carbocycles. The van der Waals surface area contributed by atoms with Gasteiger partial charge in [-0.1, -0.05) is 23.0 Å². The lowest BCUT2D eigenvalue weighted by Gasteiger charge is -1.91. The minimum absolute atomic E-state index is 0.409. The average molecular weight is 186 g/mol. The summed E-state index contributed by atoms with van der Waals surface area (Å²) in [4.78, 5) is 2.63. The third kappa shape index (κ3) is 3.53. The van der Waals surface area contributed by atoms with Crippen molar-refractivity contribution >= 4 is 5.69 Å². The molecule has 4 heteroatoms. The van der Waals surface area contributed by atoms with Gasteiger partial charge in [-0.15, -0.1) is 0 Å². The smallest absolute Gasteiger partial charge is 0.0367 e. The molecule has 0 unspecified atom stereocenters. The van der Waals surface area contributed by atoms with Crippen molar-refractivity contribution < 1.29 is 0 Å². The quantitative estimate of drug-likeness (QED) is 0.189. The fourth-order valence-corrected chi connectivity index (χ4v) is 0.932. The zero-order valence-electron chi connectivity index (χ0n) is 7.64. The topological polar surface area (TPSA) is 74.8 Å². The van der Waals surface area contributed by atoms with Crippen LogP contribution in [0.25, 0.3) is 10.4 Å². The maximum Gasteiger partial charge on any atom is 0.0367 e. The van der Waals surface area contributed by atoms with Crippen LogP contribution in [0.5, 0.6) is 0 Å². The summed E-state index contributed by atoms with van der Waals surface area (Å²) in [6.45, 7) is 0.409. The predicted octanol–water partition coefficient (Wildman–Crippen LogP) is 2.32. The van der Waals surface area contributed by atoms with Crippen LogP contribution in [-0.2, 0) is 0 Å². The van der Waals surface area contributed by atoms with Gasteiger partial charge in [-0.05, 0) is 23.7 Å². The Balaban J connectivity index is 2.54. The molecule has 0 radical (unpaired) electrons. The number of benzene rings is 1. The Hall–Kier alpha value is -2.11. The number of azide groups is 1. The first-order chi connectivity index (χ1) is 6.83. The monoisotopic (exact) mass is 186 g/mol. The van der Waals surface area contributed by atoms with Crippen LogP contribution in [-0.4, -0.2) is 6.54 Å². The van der Waals surface area contributed by atoms with E-state index in [-0.39, 0.29) is 0 Å². The summed E-state index contributed by atoms with van der Waals surface area (Å²) in [5.41, 5.74) is 15.2. The summed E-state index contributed by atoms with van der Waals surface area (Å²) >= 11 is 0. The maximum absolute atomic E-state index is 8.01. The Bertz CT molecular complexity index is 408. The molecule has 1 aromatic rings. The zero-order chi connectivity index (χ0) is 10.2. The van der Waals surface area contributed by atoms with Crippen molar-refractivity contribution in [1.29, 1.82) is 0 Å². The number of hydrogen-bond acceptors (Lipinski definition) is 2. The molecule has 0 aromatic heterocycles. The minimum atomic E-state index is 0.409. The van der Waals surface area contributed by atoms with Gasteiger partial charge in [0.2, 0.25) is 0 Å². The molecule has 14 heavy (non-hydrogen) atoms. The first kappa shape index (κ1) is 9.97. The van der Waals surface area contributed by atoms with Crippen LogP contribution in [0, 0.1) is 11.8 Å². The van der Waals surface area contributed by atoms with Gasteiger partial charge in [0.1, 0.15) is 0 Å². The lowest BCUT2D eigenvalue weighted by molar-refractivity contribution is 1.01. The van der Waals surface area contributed by atoms with Gasteiger partial charge in [0.25, 0.3) is 0 Å². The lowest BCUT2D eigenvalue weighted by Crippen LogP contribution is -1.84. The molecule has 0 atom stereocenters. The van der Waals surface area contributed by atoms with Gasteiger partial charge in [-0.3, -0.25) is 0 Å². The molecule has 0 saturated carbocycles. The Morgan fingerprint density at radius 2 is 2.36 bits per heavy atom. The Morgan fingerprint density at radius 1 is 1.50 bits per heavy atom. The van der Waals surface area contributed by atoms with Crippen LogP contribution in [0.4, 0.5) is 5.69 Å². The number of hydrogen-bond donors (Lipinski definition) is 1. The summed E-state index contributed by atoms with van der Waals surface area (Å²) < 4.78 is 0. The number of rotatable bonds is 2. The Kier molecular flexibility index (Phi) is 3.93.